The van der Waals surface area contributed by atoms with Gasteiger partial charge >= 0.3 is 0 Å². The molecule has 0 spiro atoms. The quantitative estimate of drug-likeness (QED) is 0.761. The summed E-state index contributed by atoms with van der Waals surface area (Å²) in [6, 6.07) is 5.77. The normalized spacial score (nSPS) is 10.6. The Kier molecular flexibility index (Phi) is 2.21. The molecule has 0 aliphatic carbocycles. The van der Waals surface area contributed by atoms with Crippen LogP contribution in [0.25, 0.3) is 10.9 Å². The summed E-state index contributed by atoms with van der Waals surface area (Å²) in [4.78, 5) is 8.10. The monoisotopic (exact) mass is 301 g/mol. The van der Waals surface area contributed by atoms with E-state index in [4.69, 9.17) is 5.73 Å². The first-order valence-electron chi connectivity index (χ1n) is 3.55. The lowest BCUT2D eigenvalue weighted by molar-refractivity contribution is 1.21. The zero-order valence-corrected chi connectivity index (χ0v) is 9.63. The Hall–Kier alpha value is -0.680. The van der Waals surface area contributed by atoms with Gasteiger partial charge in [0.25, 0.3) is 0 Å². The maximum absolute atomic E-state index is 5.51. The predicted molar refractivity (Wildman–Crippen MR) is 59.4 cm³/mol. The molecule has 0 fully saturated rings. The molecule has 2 rings (SSSR count). The number of nitrogen functional groups attached to an aromatic ring is 1. The van der Waals surface area contributed by atoms with Crippen LogP contribution < -0.4 is 5.73 Å². The summed E-state index contributed by atoms with van der Waals surface area (Å²) >= 11 is 6.69. The molecule has 0 saturated carbocycles. The van der Waals surface area contributed by atoms with Crippen LogP contribution in [-0.2, 0) is 0 Å². The van der Waals surface area contributed by atoms with Crippen molar-refractivity contribution in [1.29, 1.82) is 0 Å². The van der Waals surface area contributed by atoms with Gasteiger partial charge in [-0.15, -0.1) is 0 Å². The predicted octanol–water partition coefficient (Wildman–Crippen LogP) is 2.74. The molecule has 1 aromatic heterocycles. The highest BCUT2D eigenvalue weighted by atomic mass is 79.9. The van der Waals surface area contributed by atoms with E-state index in [0.717, 1.165) is 20.0 Å². The molecular formula is C8H5Br2N3. The number of nitrogens with zero attached hydrogens (tertiary/aromatic N) is 2. The molecule has 13 heavy (non-hydrogen) atoms. The fraction of sp³-hybridized carbons (Fsp3) is 0. The standard InChI is InChI=1S/C8H5Br2N3/c9-4-1-2-5-6(3-4)12-8(11)13-7(5)10/h1-3H,(H2,11,12,13). The second-order valence-corrected chi connectivity index (χ2v) is 4.20. The first kappa shape index (κ1) is 8.90. The average molecular weight is 303 g/mol. The molecule has 1 heterocycles. The molecular weight excluding hydrogens is 298 g/mol. The van der Waals surface area contributed by atoms with Gasteiger partial charge in [0.15, 0.2) is 0 Å². The summed E-state index contributed by atoms with van der Waals surface area (Å²) in [5.41, 5.74) is 6.33. The molecule has 1 aromatic carbocycles. The van der Waals surface area contributed by atoms with Gasteiger partial charge in [0.2, 0.25) is 5.95 Å². The van der Waals surface area contributed by atoms with E-state index in [9.17, 15) is 0 Å². The number of rotatable bonds is 0. The number of benzene rings is 1. The second kappa shape index (κ2) is 3.23. The topological polar surface area (TPSA) is 51.8 Å². The van der Waals surface area contributed by atoms with Gasteiger partial charge in [-0.05, 0) is 34.1 Å². The number of nitrogens with two attached hydrogens (primary N) is 1. The number of fused-ring (bicyclic) bond motifs is 1. The van der Waals surface area contributed by atoms with E-state index in [0.29, 0.717) is 0 Å². The summed E-state index contributed by atoms with van der Waals surface area (Å²) in [5.74, 6) is 0.275. The van der Waals surface area contributed by atoms with Crippen molar-refractivity contribution in [2.45, 2.75) is 0 Å². The summed E-state index contributed by atoms with van der Waals surface area (Å²) in [6.45, 7) is 0. The summed E-state index contributed by atoms with van der Waals surface area (Å²) < 4.78 is 1.70. The third-order valence-corrected chi connectivity index (χ3v) is 2.73. The van der Waals surface area contributed by atoms with Crippen molar-refractivity contribution in [2.24, 2.45) is 0 Å². The van der Waals surface area contributed by atoms with Gasteiger partial charge in [0.1, 0.15) is 4.60 Å². The molecule has 0 aliphatic heterocycles. The average Bonchev–Trinajstić information content (AvgIpc) is 2.02. The third-order valence-electron chi connectivity index (χ3n) is 1.63. The van der Waals surface area contributed by atoms with Crippen LogP contribution >= 0.6 is 31.9 Å². The Balaban J connectivity index is 2.86. The third kappa shape index (κ3) is 1.66. The molecule has 5 heteroatoms. The zero-order valence-electron chi connectivity index (χ0n) is 6.46. The van der Waals surface area contributed by atoms with Crippen molar-refractivity contribution in [3.05, 3.63) is 27.3 Å². The Labute approximate surface area is 91.6 Å². The van der Waals surface area contributed by atoms with E-state index in [-0.39, 0.29) is 5.95 Å². The summed E-state index contributed by atoms with van der Waals surface area (Å²) in [5, 5.41) is 0.956. The molecule has 0 atom stereocenters. The Morgan fingerprint density at radius 1 is 1.15 bits per heavy atom. The van der Waals surface area contributed by atoms with Gasteiger partial charge in [-0.2, -0.15) is 0 Å². The van der Waals surface area contributed by atoms with Crippen LogP contribution in [0.5, 0.6) is 0 Å². The van der Waals surface area contributed by atoms with Crippen LogP contribution in [-0.4, -0.2) is 9.97 Å². The highest BCUT2D eigenvalue weighted by Gasteiger charge is 2.02. The minimum atomic E-state index is 0.275. The van der Waals surface area contributed by atoms with Gasteiger partial charge in [0, 0.05) is 9.86 Å². The van der Waals surface area contributed by atoms with E-state index in [1.54, 1.807) is 0 Å². The molecule has 66 valence electrons. The van der Waals surface area contributed by atoms with E-state index >= 15 is 0 Å². The number of halogens is 2. The summed E-state index contributed by atoms with van der Waals surface area (Å²) in [7, 11) is 0. The van der Waals surface area contributed by atoms with Crippen molar-refractivity contribution in [2.75, 3.05) is 5.73 Å². The van der Waals surface area contributed by atoms with Crippen LogP contribution in [0.15, 0.2) is 27.3 Å². The van der Waals surface area contributed by atoms with Gasteiger partial charge in [-0.3, -0.25) is 0 Å². The molecule has 0 bridgehead atoms. The minimum absolute atomic E-state index is 0.275. The van der Waals surface area contributed by atoms with E-state index < -0.39 is 0 Å². The number of hydrogen-bond donors (Lipinski definition) is 1. The van der Waals surface area contributed by atoms with Gasteiger partial charge in [-0.1, -0.05) is 15.9 Å². The fourth-order valence-corrected chi connectivity index (χ4v) is 1.95. The maximum atomic E-state index is 5.51. The summed E-state index contributed by atoms with van der Waals surface area (Å²) in [6.07, 6.45) is 0. The number of hydrogen-bond acceptors (Lipinski definition) is 3. The van der Waals surface area contributed by atoms with E-state index in [1.165, 1.54) is 0 Å². The molecule has 2 aromatic rings. The van der Waals surface area contributed by atoms with Crippen LogP contribution in [0.4, 0.5) is 5.95 Å². The number of aromatic nitrogens is 2. The SMILES string of the molecule is Nc1nc(Br)c2ccc(Br)cc2n1. The minimum Gasteiger partial charge on any atom is -0.368 e. The first-order valence-corrected chi connectivity index (χ1v) is 5.14. The Morgan fingerprint density at radius 2 is 1.92 bits per heavy atom. The fourth-order valence-electron chi connectivity index (χ4n) is 1.08. The molecule has 0 amide bonds. The van der Waals surface area contributed by atoms with Crippen LogP contribution in [0.2, 0.25) is 0 Å². The van der Waals surface area contributed by atoms with Gasteiger partial charge in [0.05, 0.1) is 5.52 Å². The molecule has 0 aliphatic rings. The zero-order chi connectivity index (χ0) is 9.42. The highest BCUT2D eigenvalue weighted by molar-refractivity contribution is 9.10. The van der Waals surface area contributed by atoms with Crippen LogP contribution in [0.3, 0.4) is 0 Å². The Bertz CT molecular complexity index is 465. The van der Waals surface area contributed by atoms with Crippen molar-refractivity contribution in [3.63, 3.8) is 0 Å². The maximum Gasteiger partial charge on any atom is 0.221 e. The van der Waals surface area contributed by atoms with Gasteiger partial charge < -0.3 is 5.73 Å². The molecule has 0 saturated heterocycles. The highest BCUT2D eigenvalue weighted by Crippen LogP contribution is 2.24. The van der Waals surface area contributed by atoms with Gasteiger partial charge in [-0.25, -0.2) is 9.97 Å². The number of anilines is 1. The van der Waals surface area contributed by atoms with Crippen LogP contribution in [0.1, 0.15) is 0 Å². The molecule has 0 unspecified atom stereocenters. The Morgan fingerprint density at radius 3 is 2.69 bits per heavy atom. The smallest absolute Gasteiger partial charge is 0.221 e. The lowest BCUT2D eigenvalue weighted by Crippen LogP contribution is -1.95. The second-order valence-electron chi connectivity index (χ2n) is 2.53. The molecule has 3 nitrogen and oxygen atoms in total. The molecule has 0 radical (unpaired) electrons. The molecule has 2 N–H and O–H groups in total. The van der Waals surface area contributed by atoms with Crippen molar-refractivity contribution < 1.29 is 0 Å². The lowest BCUT2D eigenvalue weighted by Gasteiger charge is -2.00. The van der Waals surface area contributed by atoms with Crippen molar-refractivity contribution in [1.82, 2.24) is 9.97 Å². The van der Waals surface area contributed by atoms with E-state index in [2.05, 4.69) is 41.8 Å². The van der Waals surface area contributed by atoms with Crippen molar-refractivity contribution in [3.8, 4) is 0 Å². The largest absolute Gasteiger partial charge is 0.368 e. The van der Waals surface area contributed by atoms with E-state index in [1.807, 2.05) is 18.2 Å². The lowest BCUT2D eigenvalue weighted by atomic mass is 10.2. The van der Waals surface area contributed by atoms with Crippen molar-refractivity contribution >= 4 is 48.7 Å². The first-order chi connectivity index (χ1) is 6.16. The van der Waals surface area contributed by atoms with Crippen LogP contribution in [0, 0.1) is 0 Å².